The molecule has 0 aliphatic rings. The van der Waals surface area contributed by atoms with Crippen molar-refractivity contribution in [2.75, 3.05) is 0 Å². The molecule has 0 spiro atoms. The predicted octanol–water partition coefficient (Wildman–Crippen LogP) is 5.37. The first-order chi connectivity index (χ1) is 14.3. The Morgan fingerprint density at radius 2 is 1.87 bits per heavy atom. The minimum absolute atomic E-state index is 0.0387. The van der Waals surface area contributed by atoms with Gasteiger partial charge < -0.3 is 0 Å². The summed E-state index contributed by atoms with van der Waals surface area (Å²) in [4.78, 5) is 0. The molecule has 0 saturated carbocycles. The van der Waals surface area contributed by atoms with Crippen LogP contribution in [0.3, 0.4) is 0 Å². The van der Waals surface area contributed by atoms with Crippen LogP contribution in [0.4, 0.5) is 17.6 Å². The molecule has 1 aromatic heterocycles. The third kappa shape index (κ3) is 3.77. The summed E-state index contributed by atoms with van der Waals surface area (Å²) < 4.78 is 56.9. The molecule has 152 valence electrons. The van der Waals surface area contributed by atoms with Crippen LogP contribution < -0.4 is 0 Å². The molecule has 2 unspecified atom stereocenters. The summed E-state index contributed by atoms with van der Waals surface area (Å²) in [6.07, 6.45) is -2.85. The Hall–Kier alpha value is -3.65. The molecule has 0 bridgehead atoms. The van der Waals surface area contributed by atoms with E-state index in [0.717, 1.165) is 19.1 Å². The summed E-state index contributed by atoms with van der Waals surface area (Å²) in [5.74, 6) is -1.59. The van der Waals surface area contributed by atoms with Gasteiger partial charge in [-0.05, 0) is 66.8 Å². The second kappa shape index (κ2) is 8.38. The van der Waals surface area contributed by atoms with Gasteiger partial charge in [-0.1, -0.05) is 0 Å². The molecule has 4 nitrogen and oxygen atoms in total. The zero-order chi connectivity index (χ0) is 22.0. The fourth-order valence-corrected chi connectivity index (χ4v) is 3.42. The third-order valence-corrected chi connectivity index (χ3v) is 4.97. The van der Waals surface area contributed by atoms with Crippen molar-refractivity contribution in [2.45, 2.75) is 32.6 Å². The number of benzene rings is 2. The van der Waals surface area contributed by atoms with Gasteiger partial charge in [-0.15, -0.1) is 0 Å². The van der Waals surface area contributed by atoms with Gasteiger partial charge in [-0.3, -0.25) is 5.10 Å². The van der Waals surface area contributed by atoms with E-state index in [2.05, 4.69) is 10.2 Å². The molecule has 0 radical (unpaired) electrons. The van der Waals surface area contributed by atoms with Gasteiger partial charge in [0.2, 0.25) is 0 Å². The van der Waals surface area contributed by atoms with Crippen LogP contribution in [-0.2, 0) is 6.42 Å². The Morgan fingerprint density at radius 3 is 2.43 bits per heavy atom. The van der Waals surface area contributed by atoms with Crippen LogP contribution in [0, 0.1) is 41.2 Å². The van der Waals surface area contributed by atoms with Gasteiger partial charge in [-0.2, -0.15) is 15.6 Å². The fraction of sp³-hybridized carbons (Fsp3) is 0.227. The SMILES string of the molecule is Cc1c(Cc2c(C#N)cc(F)cc2C(F)C(C)F)cc(F)c(-c2ccn[nH]2)c1C#N. The van der Waals surface area contributed by atoms with Crippen LogP contribution in [-0.4, -0.2) is 16.4 Å². The lowest BCUT2D eigenvalue weighted by Crippen LogP contribution is -2.11. The summed E-state index contributed by atoms with van der Waals surface area (Å²) in [5.41, 5.74) is 0.679. The average Bonchev–Trinajstić information content (AvgIpc) is 3.24. The first kappa shape index (κ1) is 21.1. The van der Waals surface area contributed by atoms with E-state index < -0.39 is 24.0 Å². The van der Waals surface area contributed by atoms with Crippen LogP contribution in [0.2, 0.25) is 0 Å². The van der Waals surface area contributed by atoms with E-state index in [1.165, 1.54) is 18.3 Å². The van der Waals surface area contributed by atoms with E-state index in [1.807, 2.05) is 6.07 Å². The molecule has 2 atom stereocenters. The molecule has 1 N–H and O–H groups in total. The van der Waals surface area contributed by atoms with Gasteiger partial charge in [0.05, 0.1) is 28.5 Å². The molecule has 2 aromatic carbocycles. The zero-order valence-corrected chi connectivity index (χ0v) is 16.1. The summed E-state index contributed by atoms with van der Waals surface area (Å²) >= 11 is 0. The third-order valence-electron chi connectivity index (χ3n) is 4.97. The number of hydrogen-bond donors (Lipinski definition) is 1. The van der Waals surface area contributed by atoms with Gasteiger partial charge in [0, 0.05) is 6.20 Å². The highest BCUT2D eigenvalue weighted by Gasteiger charge is 2.26. The van der Waals surface area contributed by atoms with Crippen molar-refractivity contribution in [2.24, 2.45) is 0 Å². The quantitative estimate of drug-likeness (QED) is 0.573. The Labute approximate surface area is 170 Å². The summed E-state index contributed by atoms with van der Waals surface area (Å²) in [7, 11) is 0. The smallest absolute Gasteiger partial charge is 0.156 e. The van der Waals surface area contributed by atoms with E-state index >= 15 is 0 Å². The molecular weight excluding hydrogens is 396 g/mol. The minimum Gasteiger partial charge on any atom is -0.278 e. The van der Waals surface area contributed by atoms with Gasteiger partial charge in [0.1, 0.15) is 23.9 Å². The van der Waals surface area contributed by atoms with Crippen molar-refractivity contribution in [3.05, 3.63) is 75.5 Å². The molecule has 0 saturated heterocycles. The maximum Gasteiger partial charge on any atom is 0.156 e. The van der Waals surface area contributed by atoms with Crippen LogP contribution in [0.25, 0.3) is 11.3 Å². The van der Waals surface area contributed by atoms with Crippen LogP contribution in [0.1, 0.15) is 46.5 Å². The Morgan fingerprint density at radius 1 is 1.13 bits per heavy atom. The molecule has 0 aliphatic heterocycles. The van der Waals surface area contributed by atoms with E-state index in [-0.39, 0.29) is 34.2 Å². The Bertz CT molecular complexity index is 1170. The Kier molecular flexibility index (Phi) is 5.89. The van der Waals surface area contributed by atoms with Gasteiger partial charge in [0.15, 0.2) is 6.17 Å². The molecule has 30 heavy (non-hydrogen) atoms. The maximum atomic E-state index is 14.9. The lowest BCUT2D eigenvalue weighted by atomic mass is 9.87. The molecular formula is C22H16F4N4. The number of hydrogen-bond acceptors (Lipinski definition) is 3. The van der Waals surface area contributed by atoms with Crippen molar-refractivity contribution >= 4 is 0 Å². The summed E-state index contributed by atoms with van der Waals surface area (Å²) in [6.45, 7) is 2.58. The highest BCUT2D eigenvalue weighted by atomic mass is 19.2. The number of aromatic amines is 1. The van der Waals surface area contributed by atoms with Crippen molar-refractivity contribution in [1.29, 1.82) is 10.5 Å². The van der Waals surface area contributed by atoms with E-state index in [1.54, 1.807) is 13.0 Å². The monoisotopic (exact) mass is 412 g/mol. The first-order valence-corrected chi connectivity index (χ1v) is 9.00. The van der Waals surface area contributed by atoms with E-state index in [4.69, 9.17) is 0 Å². The number of alkyl halides is 2. The molecule has 3 aromatic rings. The molecule has 8 heteroatoms. The molecule has 0 fully saturated rings. The van der Waals surface area contributed by atoms with Gasteiger partial charge in [-0.25, -0.2) is 17.6 Å². The zero-order valence-electron chi connectivity index (χ0n) is 16.1. The first-order valence-electron chi connectivity index (χ1n) is 9.00. The second-order valence-electron chi connectivity index (χ2n) is 6.86. The largest absolute Gasteiger partial charge is 0.278 e. The number of nitrogens with zero attached hydrogens (tertiary/aromatic N) is 3. The normalized spacial score (nSPS) is 12.8. The topological polar surface area (TPSA) is 76.3 Å². The number of nitriles is 2. The minimum atomic E-state index is -2.16. The van der Waals surface area contributed by atoms with Crippen molar-refractivity contribution in [3.8, 4) is 23.4 Å². The highest BCUT2D eigenvalue weighted by molar-refractivity contribution is 5.71. The number of rotatable bonds is 5. The van der Waals surface area contributed by atoms with Crippen LogP contribution in [0.15, 0.2) is 30.5 Å². The van der Waals surface area contributed by atoms with Crippen molar-refractivity contribution in [1.82, 2.24) is 10.2 Å². The Balaban J connectivity index is 2.20. The lowest BCUT2D eigenvalue weighted by Gasteiger charge is -2.18. The van der Waals surface area contributed by atoms with E-state index in [0.29, 0.717) is 16.8 Å². The van der Waals surface area contributed by atoms with E-state index in [9.17, 15) is 28.1 Å². The van der Waals surface area contributed by atoms with Gasteiger partial charge in [0.25, 0.3) is 0 Å². The van der Waals surface area contributed by atoms with Crippen LogP contribution in [0.5, 0.6) is 0 Å². The number of H-pyrrole nitrogens is 1. The standard InChI is InChI=1S/C22H16F4N4/c1-11-13(7-19(25)21(18(11)10-28)20-3-4-29-30-20)6-16-14(9-27)5-15(24)8-17(16)22(26)12(2)23/h3-5,7-8,12,22H,6H2,1-2H3,(H,29,30). The predicted molar refractivity (Wildman–Crippen MR) is 102 cm³/mol. The number of nitrogens with one attached hydrogen (secondary N) is 1. The highest BCUT2D eigenvalue weighted by Crippen LogP contribution is 2.34. The van der Waals surface area contributed by atoms with Crippen molar-refractivity contribution in [3.63, 3.8) is 0 Å². The maximum absolute atomic E-state index is 14.9. The number of halogens is 4. The lowest BCUT2D eigenvalue weighted by molar-refractivity contribution is 0.183. The summed E-state index contributed by atoms with van der Waals surface area (Å²) in [6, 6.07) is 8.20. The van der Waals surface area contributed by atoms with Gasteiger partial charge >= 0.3 is 0 Å². The van der Waals surface area contributed by atoms with Crippen molar-refractivity contribution < 1.29 is 17.6 Å². The molecule has 0 aliphatic carbocycles. The molecule has 3 rings (SSSR count). The number of aromatic nitrogens is 2. The van der Waals surface area contributed by atoms with Crippen LogP contribution >= 0.6 is 0 Å². The molecule has 1 heterocycles. The molecule has 0 amide bonds. The second-order valence-corrected chi connectivity index (χ2v) is 6.86. The average molecular weight is 412 g/mol. The fourth-order valence-electron chi connectivity index (χ4n) is 3.42. The summed E-state index contributed by atoms with van der Waals surface area (Å²) in [5, 5.41) is 25.4.